The molecule has 5 heteroatoms. The predicted octanol–water partition coefficient (Wildman–Crippen LogP) is 1.90. The second-order valence-electron chi connectivity index (χ2n) is 5.58. The lowest BCUT2D eigenvalue weighted by molar-refractivity contribution is -0.137. The molecule has 2 aliphatic rings. The number of nitrogens with zero attached hydrogens (tertiary/aromatic N) is 2. The van der Waals surface area contributed by atoms with Gasteiger partial charge in [0, 0.05) is 37.0 Å². The molecule has 2 aliphatic heterocycles. The number of hydrogen-bond donors (Lipinski definition) is 0. The number of thiophene rings is 1. The first-order valence-corrected chi connectivity index (χ1v) is 8.21. The molecule has 0 radical (unpaired) electrons. The van der Waals surface area contributed by atoms with Crippen LogP contribution in [0.2, 0.25) is 0 Å². The minimum Gasteiger partial charge on any atom is -0.340 e. The Balaban J connectivity index is 1.60. The van der Waals surface area contributed by atoms with Crippen LogP contribution in [0.1, 0.15) is 30.6 Å². The van der Waals surface area contributed by atoms with Crippen LogP contribution in [0.4, 0.5) is 0 Å². The molecule has 20 heavy (non-hydrogen) atoms. The van der Waals surface area contributed by atoms with Crippen molar-refractivity contribution in [1.82, 2.24) is 9.80 Å². The van der Waals surface area contributed by atoms with E-state index in [0.717, 1.165) is 43.8 Å². The van der Waals surface area contributed by atoms with E-state index in [1.807, 2.05) is 27.3 Å². The van der Waals surface area contributed by atoms with Crippen LogP contribution < -0.4 is 0 Å². The van der Waals surface area contributed by atoms with Crippen molar-refractivity contribution < 1.29 is 9.59 Å². The quantitative estimate of drug-likeness (QED) is 0.854. The maximum Gasteiger partial charge on any atom is 0.227 e. The van der Waals surface area contributed by atoms with Crippen molar-refractivity contribution in [2.45, 2.75) is 38.1 Å². The highest BCUT2D eigenvalue weighted by Crippen LogP contribution is 2.22. The maximum atomic E-state index is 12.3. The second-order valence-corrected chi connectivity index (χ2v) is 6.61. The molecule has 1 aromatic rings. The summed E-state index contributed by atoms with van der Waals surface area (Å²) < 4.78 is 0. The molecule has 1 atom stereocenters. The molecular formula is C15H20N2O2S. The molecule has 0 spiro atoms. The lowest BCUT2D eigenvalue weighted by Crippen LogP contribution is -2.50. The summed E-state index contributed by atoms with van der Waals surface area (Å²) in [5.74, 6) is 0.464. The van der Waals surface area contributed by atoms with Gasteiger partial charge in [0.05, 0.1) is 6.42 Å². The van der Waals surface area contributed by atoms with Crippen molar-refractivity contribution >= 4 is 23.2 Å². The lowest BCUT2D eigenvalue weighted by atomic mass is 10.0. The first-order valence-electron chi connectivity index (χ1n) is 7.33. The summed E-state index contributed by atoms with van der Waals surface area (Å²) in [6.45, 7) is 2.43. The Labute approximate surface area is 123 Å². The summed E-state index contributed by atoms with van der Waals surface area (Å²) in [7, 11) is 0. The molecule has 0 aromatic carbocycles. The first-order chi connectivity index (χ1) is 9.74. The van der Waals surface area contributed by atoms with Crippen LogP contribution in [0.25, 0.3) is 0 Å². The largest absolute Gasteiger partial charge is 0.340 e. The van der Waals surface area contributed by atoms with E-state index in [0.29, 0.717) is 12.8 Å². The Bertz CT molecular complexity index is 486. The highest BCUT2D eigenvalue weighted by molar-refractivity contribution is 7.10. The molecule has 0 N–H and O–H groups in total. The molecular weight excluding hydrogens is 272 g/mol. The number of hydrogen-bond acceptors (Lipinski definition) is 3. The molecule has 4 nitrogen and oxygen atoms in total. The van der Waals surface area contributed by atoms with Crippen LogP contribution in [0, 0.1) is 0 Å². The number of rotatable bonds is 3. The van der Waals surface area contributed by atoms with Gasteiger partial charge in [0.25, 0.3) is 0 Å². The third-order valence-electron chi connectivity index (χ3n) is 4.21. The third-order valence-corrected chi connectivity index (χ3v) is 5.08. The zero-order chi connectivity index (χ0) is 13.9. The Kier molecular flexibility index (Phi) is 4.05. The molecule has 1 unspecified atom stereocenters. The van der Waals surface area contributed by atoms with Crippen LogP contribution in [-0.4, -0.2) is 47.3 Å². The zero-order valence-electron chi connectivity index (χ0n) is 11.6. The maximum absolute atomic E-state index is 12.3. The van der Waals surface area contributed by atoms with E-state index < -0.39 is 0 Å². The average molecular weight is 292 g/mol. The molecule has 0 aliphatic carbocycles. The second kappa shape index (κ2) is 5.95. The Morgan fingerprint density at radius 3 is 2.95 bits per heavy atom. The van der Waals surface area contributed by atoms with Gasteiger partial charge in [0.1, 0.15) is 0 Å². The zero-order valence-corrected chi connectivity index (χ0v) is 12.4. The standard InChI is InChI=1S/C15H20N2O2S/c18-14-6-2-8-17(14)12-4-1-7-16(11-12)15(19)10-13-5-3-9-20-13/h3,5,9,12H,1-2,4,6-8,10-11H2. The summed E-state index contributed by atoms with van der Waals surface area (Å²) in [6, 6.07) is 4.23. The normalized spacial score (nSPS) is 23.4. The number of amides is 2. The minimum absolute atomic E-state index is 0.198. The van der Waals surface area contributed by atoms with Gasteiger partial charge >= 0.3 is 0 Å². The summed E-state index contributed by atoms with van der Waals surface area (Å²) in [5.41, 5.74) is 0. The first kappa shape index (κ1) is 13.6. The van der Waals surface area contributed by atoms with Crippen molar-refractivity contribution in [3.05, 3.63) is 22.4 Å². The van der Waals surface area contributed by atoms with E-state index in [-0.39, 0.29) is 17.9 Å². The van der Waals surface area contributed by atoms with Gasteiger partial charge in [-0.1, -0.05) is 6.07 Å². The fourth-order valence-corrected chi connectivity index (χ4v) is 3.86. The van der Waals surface area contributed by atoms with Crippen molar-refractivity contribution in [1.29, 1.82) is 0 Å². The SMILES string of the molecule is O=C(Cc1cccs1)N1CCCC(N2CCCC2=O)C1. The summed E-state index contributed by atoms with van der Waals surface area (Å²) in [4.78, 5) is 29.2. The van der Waals surface area contributed by atoms with E-state index in [2.05, 4.69) is 0 Å². The van der Waals surface area contributed by atoms with Crippen LogP contribution in [-0.2, 0) is 16.0 Å². The summed E-state index contributed by atoms with van der Waals surface area (Å²) in [6.07, 6.45) is 4.19. The Morgan fingerprint density at radius 2 is 2.25 bits per heavy atom. The van der Waals surface area contributed by atoms with E-state index in [1.165, 1.54) is 0 Å². The minimum atomic E-state index is 0.198. The van der Waals surface area contributed by atoms with Gasteiger partial charge in [-0.15, -0.1) is 11.3 Å². The summed E-state index contributed by atoms with van der Waals surface area (Å²) in [5, 5.41) is 2.00. The van der Waals surface area contributed by atoms with E-state index in [1.54, 1.807) is 11.3 Å². The van der Waals surface area contributed by atoms with Gasteiger partial charge in [-0.25, -0.2) is 0 Å². The van der Waals surface area contributed by atoms with Gasteiger partial charge in [-0.3, -0.25) is 9.59 Å². The van der Waals surface area contributed by atoms with Crippen LogP contribution in [0.5, 0.6) is 0 Å². The molecule has 2 amide bonds. The molecule has 0 bridgehead atoms. The van der Waals surface area contributed by atoms with Gasteiger partial charge in [0.15, 0.2) is 0 Å². The third kappa shape index (κ3) is 2.87. The molecule has 108 valence electrons. The monoisotopic (exact) mass is 292 g/mol. The highest BCUT2D eigenvalue weighted by atomic mass is 32.1. The van der Waals surface area contributed by atoms with Gasteiger partial charge in [0.2, 0.25) is 11.8 Å². The van der Waals surface area contributed by atoms with Gasteiger partial charge < -0.3 is 9.80 Å². The Hall–Kier alpha value is -1.36. The number of piperidine rings is 1. The molecule has 3 heterocycles. The molecule has 2 saturated heterocycles. The smallest absolute Gasteiger partial charge is 0.227 e. The molecule has 1 aromatic heterocycles. The highest BCUT2D eigenvalue weighted by Gasteiger charge is 2.32. The number of carbonyl (C=O) groups is 2. The fraction of sp³-hybridized carbons (Fsp3) is 0.600. The fourth-order valence-electron chi connectivity index (χ4n) is 3.16. The Morgan fingerprint density at radius 1 is 1.35 bits per heavy atom. The average Bonchev–Trinajstić information content (AvgIpc) is 3.10. The number of carbonyl (C=O) groups excluding carboxylic acids is 2. The topological polar surface area (TPSA) is 40.6 Å². The molecule has 2 fully saturated rings. The van der Waals surface area contributed by atoms with E-state index >= 15 is 0 Å². The van der Waals surface area contributed by atoms with Crippen molar-refractivity contribution in [2.24, 2.45) is 0 Å². The van der Waals surface area contributed by atoms with Crippen molar-refractivity contribution in [3.63, 3.8) is 0 Å². The summed E-state index contributed by atoms with van der Waals surface area (Å²) >= 11 is 1.63. The van der Waals surface area contributed by atoms with E-state index in [4.69, 9.17) is 0 Å². The molecule has 0 saturated carbocycles. The van der Waals surface area contributed by atoms with Crippen LogP contribution >= 0.6 is 11.3 Å². The van der Waals surface area contributed by atoms with E-state index in [9.17, 15) is 9.59 Å². The van der Waals surface area contributed by atoms with Gasteiger partial charge in [-0.2, -0.15) is 0 Å². The van der Waals surface area contributed by atoms with Crippen LogP contribution in [0.15, 0.2) is 17.5 Å². The van der Waals surface area contributed by atoms with Gasteiger partial charge in [-0.05, 0) is 30.7 Å². The van der Waals surface area contributed by atoms with Crippen molar-refractivity contribution in [3.8, 4) is 0 Å². The van der Waals surface area contributed by atoms with Crippen LogP contribution in [0.3, 0.4) is 0 Å². The number of likely N-dealkylation sites (tertiary alicyclic amines) is 2. The van der Waals surface area contributed by atoms with Crippen molar-refractivity contribution in [2.75, 3.05) is 19.6 Å². The lowest BCUT2D eigenvalue weighted by Gasteiger charge is -2.37. The predicted molar refractivity (Wildman–Crippen MR) is 78.6 cm³/mol. The molecule has 3 rings (SSSR count).